The van der Waals surface area contributed by atoms with Gasteiger partial charge in [0.05, 0.1) is 19.9 Å². The first kappa shape index (κ1) is 22.4. The molecule has 0 fully saturated rings. The Kier molecular flexibility index (Phi) is 7.36. The Hall–Kier alpha value is -3.26. The highest BCUT2D eigenvalue weighted by molar-refractivity contribution is 5.99. The first-order valence-corrected chi connectivity index (χ1v) is 10.1. The van der Waals surface area contributed by atoms with Gasteiger partial charge in [0.15, 0.2) is 18.1 Å². The van der Waals surface area contributed by atoms with Gasteiger partial charge in [-0.25, -0.2) is 0 Å². The fourth-order valence-corrected chi connectivity index (χ4v) is 3.34. The summed E-state index contributed by atoms with van der Waals surface area (Å²) in [6, 6.07) is 11.0. The zero-order valence-electron chi connectivity index (χ0n) is 18.4. The largest absolute Gasteiger partial charge is 0.493 e. The Morgan fingerprint density at radius 2 is 1.90 bits per heavy atom. The van der Waals surface area contributed by atoms with E-state index in [1.807, 2.05) is 43.3 Å². The Morgan fingerprint density at radius 3 is 2.61 bits per heavy atom. The quantitative estimate of drug-likeness (QED) is 0.663. The van der Waals surface area contributed by atoms with Crippen LogP contribution in [0.5, 0.6) is 17.2 Å². The standard InChI is InChI=1S/C23H29N3O5/c1-25(2)11-12-26-18-8-7-17(14-20(18)31-15-23(26)28)24-22(27)10-6-16-5-9-19(29-3)21(13-16)30-4/h5,7-9,13-14H,6,10-12,15H2,1-4H3,(H,24,27). The molecule has 1 aliphatic rings. The average molecular weight is 428 g/mol. The second kappa shape index (κ2) is 10.2. The van der Waals surface area contributed by atoms with Gasteiger partial charge in [-0.1, -0.05) is 6.07 Å². The number of carbonyl (C=O) groups is 2. The first-order chi connectivity index (χ1) is 14.9. The molecule has 8 heteroatoms. The van der Waals surface area contributed by atoms with Gasteiger partial charge in [-0.3, -0.25) is 9.59 Å². The van der Waals surface area contributed by atoms with Crippen molar-refractivity contribution in [2.75, 3.05) is 58.2 Å². The van der Waals surface area contributed by atoms with Crippen LogP contribution >= 0.6 is 0 Å². The van der Waals surface area contributed by atoms with Crippen molar-refractivity contribution in [3.05, 3.63) is 42.0 Å². The second-order valence-electron chi connectivity index (χ2n) is 7.56. The van der Waals surface area contributed by atoms with Gasteiger partial charge < -0.3 is 29.3 Å². The van der Waals surface area contributed by atoms with Gasteiger partial charge >= 0.3 is 0 Å². The molecule has 0 radical (unpaired) electrons. The molecule has 0 unspecified atom stereocenters. The monoisotopic (exact) mass is 427 g/mol. The van der Waals surface area contributed by atoms with E-state index in [4.69, 9.17) is 14.2 Å². The van der Waals surface area contributed by atoms with Crippen LogP contribution in [0, 0.1) is 0 Å². The minimum Gasteiger partial charge on any atom is -0.493 e. The summed E-state index contributed by atoms with van der Waals surface area (Å²) in [5.74, 6) is 1.71. The van der Waals surface area contributed by atoms with Gasteiger partial charge in [-0.15, -0.1) is 0 Å². The number of anilines is 2. The maximum atomic E-state index is 12.4. The molecule has 0 saturated heterocycles. The maximum Gasteiger partial charge on any atom is 0.265 e. The third-order valence-corrected chi connectivity index (χ3v) is 5.05. The predicted octanol–water partition coefficient (Wildman–Crippen LogP) is 2.56. The lowest BCUT2D eigenvalue weighted by molar-refractivity contribution is -0.121. The molecule has 3 rings (SSSR count). The number of nitrogens with one attached hydrogen (secondary N) is 1. The molecule has 2 aromatic rings. The average Bonchev–Trinajstić information content (AvgIpc) is 2.76. The summed E-state index contributed by atoms with van der Waals surface area (Å²) in [7, 11) is 7.10. The highest BCUT2D eigenvalue weighted by Crippen LogP contribution is 2.34. The van der Waals surface area contributed by atoms with Gasteiger partial charge in [0.1, 0.15) is 5.75 Å². The van der Waals surface area contributed by atoms with E-state index in [1.54, 1.807) is 31.3 Å². The number of ether oxygens (including phenoxy) is 3. The first-order valence-electron chi connectivity index (χ1n) is 10.1. The summed E-state index contributed by atoms with van der Waals surface area (Å²) in [6.07, 6.45) is 0.890. The van der Waals surface area contributed by atoms with Crippen LogP contribution in [0.4, 0.5) is 11.4 Å². The number of nitrogens with zero attached hydrogens (tertiary/aromatic N) is 2. The Balaban J connectivity index is 1.61. The molecule has 1 aliphatic heterocycles. The minimum atomic E-state index is -0.105. The van der Waals surface area contributed by atoms with E-state index < -0.39 is 0 Å². The number of hydrogen-bond donors (Lipinski definition) is 1. The highest BCUT2D eigenvalue weighted by atomic mass is 16.5. The van der Waals surface area contributed by atoms with Crippen LogP contribution in [0.15, 0.2) is 36.4 Å². The molecule has 8 nitrogen and oxygen atoms in total. The summed E-state index contributed by atoms with van der Waals surface area (Å²) < 4.78 is 16.1. The number of rotatable bonds is 9. The van der Waals surface area contributed by atoms with E-state index in [9.17, 15) is 9.59 Å². The normalized spacial score (nSPS) is 12.9. The minimum absolute atomic E-state index is 0.00285. The van der Waals surface area contributed by atoms with Crippen LogP contribution in [-0.2, 0) is 16.0 Å². The molecule has 2 aromatic carbocycles. The third-order valence-electron chi connectivity index (χ3n) is 5.05. The van der Waals surface area contributed by atoms with Crippen LogP contribution in [-0.4, -0.2) is 64.7 Å². The van der Waals surface area contributed by atoms with E-state index in [0.717, 1.165) is 17.8 Å². The van der Waals surface area contributed by atoms with Crippen LogP contribution in [0.25, 0.3) is 0 Å². The molecular weight excluding hydrogens is 398 g/mol. The van der Waals surface area contributed by atoms with Crippen LogP contribution in [0.2, 0.25) is 0 Å². The molecule has 0 spiro atoms. The van der Waals surface area contributed by atoms with Gasteiger partial charge in [-0.2, -0.15) is 0 Å². The van der Waals surface area contributed by atoms with Crippen LogP contribution in [0.3, 0.4) is 0 Å². The summed E-state index contributed by atoms with van der Waals surface area (Å²) in [5.41, 5.74) is 2.34. The summed E-state index contributed by atoms with van der Waals surface area (Å²) in [4.78, 5) is 28.4. The zero-order chi connectivity index (χ0) is 22.4. The molecular formula is C23H29N3O5. The van der Waals surface area contributed by atoms with Crippen molar-refractivity contribution < 1.29 is 23.8 Å². The van der Waals surface area contributed by atoms with Crippen molar-refractivity contribution in [2.24, 2.45) is 0 Å². The van der Waals surface area contributed by atoms with Gasteiger partial charge in [0.25, 0.3) is 5.91 Å². The smallest absolute Gasteiger partial charge is 0.265 e. The van der Waals surface area contributed by atoms with E-state index in [2.05, 4.69) is 5.32 Å². The predicted molar refractivity (Wildman–Crippen MR) is 119 cm³/mol. The molecule has 1 N–H and O–H groups in total. The molecule has 0 atom stereocenters. The highest BCUT2D eigenvalue weighted by Gasteiger charge is 2.25. The number of likely N-dealkylation sites (N-methyl/N-ethyl adjacent to an activating group) is 1. The molecule has 0 aromatic heterocycles. The zero-order valence-corrected chi connectivity index (χ0v) is 18.4. The molecule has 0 saturated carbocycles. The van der Waals surface area contributed by atoms with E-state index in [0.29, 0.717) is 42.3 Å². The summed E-state index contributed by atoms with van der Waals surface area (Å²) in [5, 5.41) is 2.90. The van der Waals surface area contributed by atoms with Crippen molar-refractivity contribution in [1.82, 2.24) is 4.90 Å². The number of methoxy groups -OCH3 is 2. The van der Waals surface area contributed by atoms with E-state index >= 15 is 0 Å². The van der Waals surface area contributed by atoms with E-state index in [1.165, 1.54) is 0 Å². The lowest BCUT2D eigenvalue weighted by Crippen LogP contribution is -2.42. The SMILES string of the molecule is COc1ccc(CCC(=O)Nc2ccc3c(c2)OCC(=O)N3CCN(C)C)cc1OC. The second-order valence-corrected chi connectivity index (χ2v) is 7.56. The fourth-order valence-electron chi connectivity index (χ4n) is 3.34. The fraction of sp³-hybridized carbons (Fsp3) is 0.391. The van der Waals surface area contributed by atoms with Crippen LogP contribution in [0.1, 0.15) is 12.0 Å². The number of aryl methyl sites for hydroxylation is 1. The van der Waals surface area contributed by atoms with Crippen molar-refractivity contribution in [3.8, 4) is 17.2 Å². The number of carbonyl (C=O) groups excluding carboxylic acids is 2. The van der Waals surface area contributed by atoms with Crippen molar-refractivity contribution in [3.63, 3.8) is 0 Å². The Bertz CT molecular complexity index is 945. The summed E-state index contributed by atoms with van der Waals surface area (Å²) in [6.45, 7) is 1.33. The number of fused-ring (bicyclic) bond motifs is 1. The van der Waals surface area contributed by atoms with Crippen molar-refractivity contribution >= 4 is 23.2 Å². The molecule has 2 amide bonds. The lowest BCUT2D eigenvalue weighted by Gasteiger charge is -2.30. The topological polar surface area (TPSA) is 80.3 Å². The van der Waals surface area contributed by atoms with Gasteiger partial charge in [0, 0.05) is 31.3 Å². The molecule has 1 heterocycles. The van der Waals surface area contributed by atoms with Crippen molar-refractivity contribution in [1.29, 1.82) is 0 Å². The number of benzene rings is 2. The number of hydrogen-bond acceptors (Lipinski definition) is 6. The molecule has 0 bridgehead atoms. The Morgan fingerprint density at radius 1 is 1.13 bits per heavy atom. The number of amides is 2. The molecule has 0 aliphatic carbocycles. The molecule has 166 valence electrons. The van der Waals surface area contributed by atoms with E-state index in [-0.39, 0.29) is 18.4 Å². The molecule has 31 heavy (non-hydrogen) atoms. The lowest BCUT2D eigenvalue weighted by atomic mass is 10.1. The third kappa shape index (κ3) is 5.67. The van der Waals surface area contributed by atoms with Gasteiger partial charge in [0.2, 0.25) is 5.91 Å². The Labute approximate surface area is 182 Å². The maximum absolute atomic E-state index is 12.4. The van der Waals surface area contributed by atoms with Crippen LogP contribution < -0.4 is 24.4 Å². The summed E-state index contributed by atoms with van der Waals surface area (Å²) >= 11 is 0. The van der Waals surface area contributed by atoms with Gasteiger partial charge in [-0.05, 0) is 50.3 Å². The van der Waals surface area contributed by atoms with Crippen molar-refractivity contribution in [2.45, 2.75) is 12.8 Å².